The Morgan fingerprint density at radius 1 is 0.268 bits per heavy atom. The van der Waals surface area contributed by atoms with Gasteiger partial charge in [0.15, 0.2) is 24.0 Å². The first-order chi connectivity index (χ1) is 64.5. The molecule has 4 aliphatic carbocycles. The smallest absolute Gasteiger partial charge is 0.299 e. The van der Waals surface area contributed by atoms with Crippen LogP contribution in [0.5, 0.6) is 0 Å². The van der Waals surface area contributed by atoms with E-state index in [0.29, 0.717) is 11.1 Å². The molecular formula is C108H184Cl4N4O6Si16. The van der Waals surface area contributed by atoms with Crippen LogP contribution in [-0.2, 0) is 24.7 Å². The van der Waals surface area contributed by atoms with E-state index < -0.39 is 129 Å². The van der Waals surface area contributed by atoms with Crippen LogP contribution in [-0.4, -0.2) is 153 Å². The van der Waals surface area contributed by atoms with E-state index in [4.69, 9.17) is 90.6 Å². The summed E-state index contributed by atoms with van der Waals surface area (Å²) in [6.45, 7) is 109. The molecule has 4 fully saturated rings. The molecule has 4 aromatic rings. The Kier molecular flexibility index (Phi) is 65.1. The standard InChI is InChI=1S/C20H34OSi2.C18H20N2OSi2.C18H34OSi2.C18H22OSi2.C10H22OSi2.C8H18OSi2.C5H8ClNSi.C4H8ClNSi.C4H9ClSi.C3H9ClSi/c1-5-22(6-2,19-15-11-9-12-16-19)21-23(7-3,8-4)20-17-13-10-14-18-20;1-3-22(4-2,17-11-7-5-8-12-17)21-23(15-19,16-20)18-13-9-6-10-14-18;2*1-5-20(3,17-13-9-7-10-14-17)19-21(4,6-2)18-15-11-8-12-16-18;1-7-12(5,8-2)11-13(6,9-3)10-4;1-7-10(3,4)9-11(5,6)8-2;1-3-8(6,4-2)5-7;1-3-7(2,5)4-6;1-4-6(2,3)5;1-5(2,3)4/h5-8,19-20H,1-4,9-18H2;3-16,19-20H,1-2H2;5-6,17-18H,1-2,7-16H2,3-4H3;5-16H,1-2H2,3-4H3;7,9H,1,3,8,10H2,2,4-6H3;7-8H,1-2H2,3-6H3;3-5,7H,1-2H2;3-4,6H,1H2,2H3;4H,1H2,2-3H3;1-3H3. The van der Waals surface area contributed by atoms with Gasteiger partial charge >= 0.3 is 0 Å². The van der Waals surface area contributed by atoms with Crippen LogP contribution in [0, 0.1) is 21.6 Å². The lowest BCUT2D eigenvalue weighted by atomic mass is 10.0. The molecule has 764 valence electrons. The van der Waals surface area contributed by atoms with Crippen molar-refractivity contribution in [1.82, 2.24) is 0 Å². The van der Waals surface area contributed by atoms with Crippen molar-refractivity contribution in [3.63, 3.8) is 0 Å². The summed E-state index contributed by atoms with van der Waals surface area (Å²) in [6.07, 6.45) is 26.9. The van der Waals surface area contributed by atoms with Crippen molar-refractivity contribution in [1.29, 1.82) is 21.6 Å². The zero-order valence-corrected chi connectivity index (χ0v) is 108. The SMILES string of the molecule is C=C[Si](C)(C)Cl.C=C[Si](C)(C)O[Si](C)(C)C=C.C=C[Si](C)(CC)O[Si](C)(C=C)CC.C=C[Si](C)(Cl)C=N.C=C[Si](C)(O[Si](C)(C=C)C1CCCCC1)C1CCCCC1.C=C[Si](C)(O[Si](C)(C=C)c1ccccc1)c1ccccc1.C=C[Si](C=C)(O[Si](C=C)(C=C)C1CCCCC1)C1CCCCC1.C=C[Si](C=C)(O[Si](C=N)(C=N)c1ccccc1)c1ccccc1.C=C[Si](Cl)(C=C)C=N.C[Si](C)(C)Cl. The fourth-order valence-electron chi connectivity index (χ4n) is 15.9. The first-order valence-corrected chi connectivity index (χ1v) is 94.6. The summed E-state index contributed by atoms with van der Waals surface area (Å²) in [5, 5.41) is 33.8. The molecule has 0 bridgehead atoms. The van der Waals surface area contributed by atoms with E-state index in [1.165, 1.54) is 162 Å². The van der Waals surface area contributed by atoms with Crippen molar-refractivity contribution in [3.8, 4) is 0 Å². The van der Waals surface area contributed by atoms with Gasteiger partial charge in [-0.3, -0.25) is 0 Å². The zero-order chi connectivity index (χ0) is 106. The average Bonchev–Trinajstić information content (AvgIpc) is 0.783. The molecule has 0 radical (unpaired) electrons. The average molecular weight is 2230 g/mol. The number of benzene rings is 4. The Balaban J connectivity index is 0. The highest BCUT2D eigenvalue weighted by molar-refractivity contribution is 7.38. The van der Waals surface area contributed by atoms with Gasteiger partial charge in [-0.15, -0.1) is 129 Å². The molecule has 138 heavy (non-hydrogen) atoms. The maximum absolute atomic E-state index is 7.95. The number of rotatable bonds is 44. The Hall–Kier alpha value is -4.73. The highest BCUT2D eigenvalue weighted by Crippen LogP contribution is 2.47. The number of hydrogen-bond donors (Lipinski definition) is 4. The lowest BCUT2D eigenvalue weighted by molar-refractivity contribution is 0.413. The summed E-state index contributed by atoms with van der Waals surface area (Å²) >= 11 is 22.8. The van der Waals surface area contributed by atoms with Gasteiger partial charge in [0.2, 0.25) is 81.3 Å². The van der Waals surface area contributed by atoms with Crippen LogP contribution < -0.4 is 20.7 Å². The molecule has 30 heteroatoms. The van der Waals surface area contributed by atoms with Crippen LogP contribution in [0.4, 0.5) is 0 Å². The molecular weight excluding hydrogens is 2040 g/mol. The lowest BCUT2D eigenvalue weighted by Crippen LogP contribution is -2.64. The first-order valence-electron chi connectivity index (χ1n) is 49.2. The molecule has 0 heterocycles. The first kappa shape index (κ1) is 135. The van der Waals surface area contributed by atoms with Crippen LogP contribution >= 0.6 is 44.3 Å². The van der Waals surface area contributed by atoms with Crippen molar-refractivity contribution in [3.05, 3.63) is 342 Å². The second-order valence-electron chi connectivity index (χ2n) is 39.7. The van der Waals surface area contributed by atoms with E-state index in [2.05, 4.69) is 300 Å². The fraction of sp³-hybridized carbons (Fsp3) is 0.407. The van der Waals surface area contributed by atoms with Gasteiger partial charge in [-0.1, -0.05) is 399 Å². The third-order valence-electron chi connectivity index (χ3n) is 26.2. The van der Waals surface area contributed by atoms with E-state index >= 15 is 0 Å². The number of nitrogens with one attached hydrogen (secondary N) is 4. The van der Waals surface area contributed by atoms with Crippen LogP contribution in [0.1, 0.15) is 142 Å². The summed E-state index contributed by atoms with van der Waals surface area (Å²) in [7, 11) is -30.9. The number of halogens is 4. The van der Waals surface area contributed by atoms with Crippen LogP contribution in [0.3, 0.4) is 0 Å². The van der Waals surface area contributed by atoms with Crippen molar-refractivity contribution in [2.75, 3.05) is 0 Å². The minimum atomic E-state index is -2.98. The minimum Gasteiger partial charge on any atom is -0.449 e. The third-order valence-corrected chi connectivity index (χ3v) is 80.9. The Morgan fingerprint density at radius 2 is 0.543 bits per heavy atom. The van der Waals surface area contributed by atoms with Gasteiger partial charge in [-0.2, -0.15) is 33.2 Å². The van der Waals surface area contributed by atoms with E-state index in [1.54, 1.807) is 17.1 Å². The molecule has 4 N–H and O–H groups in total. The Labute approximate surface area is 879 Å². The lowest BCUT2D eigenvalue weighted by Gasteiger charge is -2.45. The van der Waals surface area contributed by atoms with Crippen molar-refractivity contribution in [2.24, 2.45) is 0 Å². The Bertz CT molecular complexity index is 4130. The number of hydrogen-bond acceptors (Lipinski definition) is 10. The van der Waals surface area contributed by atoms with Crippen LogP contribution in [0.2, 0.25) is 139 Å². The van der Waals surface area contributed by atoms with Gasteiger partial charge in [0, 0.05) is 23.4 Å². The van der Waals surface area contributed by atoms with Gasteiger partial charge in [0.1, 0.15) is 7.38 Å². The van der Waals surface area contributed by atoms with Gasteiger partial charge in [0.25, 0.3) is 16.6 Å². The quantitative estimate of drug-likeness (QED) is 0.0197. The van der Waals surface area contributed by atoms with E-state index in [-0.39, 0.29) is 0 Å². The molecule has 4 aliphatic rings. The van der Waals surface area contributed by atoms with Gasteiger partial charge < -0.3 is 46.3 Å². The predicted octanol–water partition coefficient (Wildman–Crippen LogP) is 32.9. The van der Waals surface area contributed by atoms with Crippen molar-refractivity contribution in [2.45, 2.75) is 281 Å². The molecule has 0 aliphatic heterocycles. The topological polar surface area (TPSA) is 151 Å². The summed E-state index contributed by atoms with van der Waals surface area (Å²) < 4.78 is 39.7. The minimum absolute atomic E-state index is 0.640. The molecule has 8 rings (SSSR count). The van der Waals surface area contributed by atoms with E-state index in [1.807, 2.05) is 144 Å². The highest BCUT2D eigenvalue weighted by Gasteiger charge is 2.50. The zero-order valence-electron chi connectivity index (χ0n) is 88.8. The second-order valence-corrected chi connectivity index (χ2v) is 109. The molecule has 0 amide bonds. The molecule has 0 aromatic heterocycles. The second kappa shape index (κ2) is 66.4. The molecule has 4 saturated carbocycles. The molecule has 4 aromatic carbocycles. The largest absolute Gasteiger partial charge is 0.449 e. The predicted molar refractivity (Wildman–Crippen MR) is 667 cm³/mol. The normalized spacial score (nSPS) is 17.8. The highest BCUT2D eigenvalue weighted by atomic mass is 35.6. The monoisotopic (exact) mass is 2220 g/mol. The van der Waals surface area contributed by atoms with Crippen molar-refractivity contribution < 1.29 is 24.7 Å². The van der Waals surface area contributed by atoms with E-state index in [9.17, 15) is 0 Å². The molecule has 10 nitrogen and oxygen atoms in total. The molecule has 0 spiro atoms. The fourth-order valence-corrected chi connectivity index (χ4v) is 62.3. The van der Waals surface area contributed by atoms with Gasteiger partial charge in [-0.25, -0.2) is 0 Å². The maximum atomic E-state index is 7.95. The summed E-state index contributed by atoms with van der Waals surface area (Å²) in [5.41, 5.74) is 38.3. The van der Waals surface area contributed by atoms with Crippen molar-refractivity contribution >= 4 is 218 Å². The van der Waals surface area contributed by atoms with E-state index in [0.717, 1.165) is 33.5 Å². The third kappa shape index (κ3) is 48.1. The summed E-state index contributed by atoms with van der Waals surface area (Å²) in [6, 6.07) is 42.4. The molecule has 7 atom stereocenters. The molecule has 0 saturated heterocycles. The summed E-state index contributed by atoms with van der Waals surface area (Å²) in [5.74, 6) is 5.09. The Morgan fingerprint density at radius 3 is 0.732 bits per heavy atom. The summed E-state index contributed by atoms with van der Waals surface area (Å²) in [4.78, 5) is 0. The van der Waals surface area contributed by atoms with Gasteiger partial charge in [-0.05, 0) is 127 Å². The van der Waals surface area contributed by atoms with Gasteiger partial charge in [0.05, 0.1) is 0 Å². The van der Waals surface area contributed by atoms with Crippen LogP contribution in [0.25, 0.3) is 0 Å². The molecule has 7 unspecified atom stereocenters. The maximum Gasteiger partial charge on any atom is 0.299 e. The van der Waals surface area contributed by atoms with Crippen LogP contribution in [0.15, 0.2) is 342 Å².